The highest BCUT2D eigenvalue weighted by Crippen LogP contribution is 2.19. The van der Waals surface area contributed by atoms with Gasteiger partial charge in [-0.3, -0.25) is 4.79 Å². The first-order valence-corrected chi connectivity index (χ1v) is 7.87. The van der Waals surface area contributed by atoms with Crippen LogP contribution in [-0.2, 0) is 11.4 Å². The maximum atomic E-state index is 11.8. The molecule has 0 aromatic heterocycles. The minimum absolute atomic E-state index is 0. The fourth-order valence-corrected chi connectivity index (χ4v) is 2.21. The Kier molecular flexibility index (Phi) is 8.30. The highest BCUT2D eigenvalue weighted by Gasteiger charge is 2.05. The molecule has 0 fully saturated rings. The Morgan fingerprint density at radius 2 is 1.96 bits per heavy atom. The molecule has 0 saturated heterocycles. The second-order valence-electron chi connectivity index (χ2n) is 5.87. The summed E-state index contributed by atoms with van der Waals surface area (Å²) in [5.74, 6) is 0.703. The number of ether oxygens (including phenoxy) is 1. The summed E-state index contributed by atoms with van der Waals surface area (Å²) in [6, 6.07) is 15.7. The largest absolute Gasteiger partial charge is 0.489 e. The minimum Gasteiger partial charge on any atom is -0.489 e. The van der Waals surface area contributed by atoms with Gasteiger partial charge in [-0.2, -0.15) is 0 Å². The van der Waals surface area contributed by atoms with Gasteiger partial charge in [-0.15, -0.1) is 12.4 Å². The van der Waals surface area contributed by atoms with Gasteiger partial charge in [0.05, 0.1) is 0 Å². The van der Waals surface area contributed by atoms with E-state index in [2.05, 4.69) is 24.4 Å². The topological polar surface area (TPSA) is 64.3 Å². The molecule has 1 unspecified atom stereocenters. The molecule has 2 aromatic carbocycles. The van der Waals surface area contributed by atoms with Gasteiger partial charge < -0.3 is 15.8 Å². The summed E-state index contributed by atoms with van der Waals surface area (Å²) >= 11 is 0. The maximum Gasteiger partial charge on any atom is 0.224 e. The number of anilines is 1. The van der Waals surface area contributed by atoms with E-state index in [0.717, 1.165) is 17.0 Å². The van der Waals surface area contributed by atoms with E-state index >= 15 is 0 Å². The molecular weight excluding hydrogens is 324 g/mol. The number of benzene rings is 2. The zero-order valence-electron chi connectivity index (χ0n) is 14.1. The first kappa shape index (κ1) is 20.0. The van der Waals surface area contributed by atoms with E-state index in [1.54, 1.807) is 0 Å². The highest BCUT2D eigenvalue weighted by molar-refractivity contribution is 5.90. The second-order valence-corrected chi connectivity index (χ2v) is 5.87. The first-order chi connectivity index (χ1) is 11.0. The standard InChI is InChI=1S/C19H24N2O2.ClH/c1-14-5-3-6-16(11-14)13-23-18-8-4-7-17(12-18)21-19(22)10-9-15(2)20;/h3-8,11-12,15H,9-10,13,20H2,1-2H3,(H,21,22);1H. The second kappa shape index (κ2) is 9.96. The molecule has 2 rings (SSSR count). The Morgan fingerprint density at radius 3 is 2.67 bits per heavy atom. The van der Waals surface area contributed by atoms with Gasteiger partial charge in [0, 0.05) is 24.2 Å². The minimum atomic E-state index is -0.0295. The van der Waals surface area contributed by atoms with Gasteiger partial charge in [0.25, 0.3) is 0 Å². The lowest BCUT2D eigenvalue weighted by Gasteiger charge is -2.10. The molecule has 130 valence electrons. The summed E-state index contributed by atoms with van der Waals surface area (Å²) in [7, 11) is 0. The van der Waals surface area contributed by atoms with Crippen molar-refractivity contribution in [1.82, 2.24) is 0 Å². The van der Waals surface area contributed by atoms with Gasteiger partial charge >= 0.3 is 0 Å². The molecule has 1 amide bonds. The normalized spacial score (nSPS) is 11.3. The van der Waals surface area contributed by atoms with Crippen molar-refractivity contribution in [3.8, 4) is 5.75 Å². The monoisotopic (exact) mass is 348 g/mol. The zero-order valence-corrected chi connectivity index (χ0v) is 14.9. The fourth-order valence-electron chi connectivity index (χ4n) is 2.21. The lowest BCUT2D eigenvalue weighted by Crippen LogP contribution is -2.19. The number of carbonyl (C=O) groups is 1. The molecule has 0 aliphatic carbocycles. The average molecular weight is 349 g/mol. The van der Waals surface area contributed by atoms with Gasteiger partial charge in [0.2, 0.25) is 5.91 Å². The summed E-state index contributed by atoms with van der Waals surface area (Å²) in [5, 5.41) is 2.87. The number of halogens is 1. The van der Waals surface area contributed by atoms with Crippen LogP contribution >= 0.6 is 12.4 Å². The number of amides is 1. The van der Waals surface area contributed by atoms with Crippen molar-refractivity contribution < 1.29 is 9.53 Å². The van der Waals surface area contributed by atoms with Crippen molar-refractivity contribution in [2.45, 2.75) is 39.3 Å². The summed E-state index contributed by atoms with van der Waals surface area (Å²) < 4.78 is 5.80. The number of carbonyl (C=O) groups excluding carboxylic acids is 1. The molecule has 0 saturated carbocycles. The smallest absolute Gasteiger partial charge is 0.224 e. The molecule has 0 bridgehead atoms. The third-order valence-corrected chi connectivity index (χ3v) is 3.43. The number of hydrogen-bond donors (Lipinski definition) is 2. The van der Waals surface area contributed by atoms with E-state index in [9.17, 15) is 4.79 Å². The van der Waals surface area contributed by atoms with Crippen LogP contribution in [0.3, 0.4) is 0 Å². The Morgan fingerprint density at radius 1 is 1.21 bits per heavy atom. The molecule has 3 N–H and O–H groups in total. The number of aryl methyl sites for hydroxylation is 1. The predicted octanol–water partition coefficient (Wildman–Crippen LogP) is 4.06. The average Bonchev–Trinajstić information content (AvgIpc) is 2.51. The van der Waals surface area contributed by atoms with Gasteiger partial charge in [-0.1, -0.05) is 35.9 Å². The van der Waals surface area contributed by atoms with Crippen molar-refractivity contribution in [2.75, 3.05) is 5.32 Å². The van der Waals surface area contributed by atoms with Gasteiger partial charge in [-0.05, 0) is 38.0 Å². The van der Waals surface area contributed by atoms with E-state index in [4.69, 9.17) is 10.5 Å². The zero-order chi connectivity index (χ0) is 16.7. The van der Waals surface area contributed by atoms with Crippen LogP contribution < -0.4 is 15.8 Å². The van der Waals surface area contributed by atoms with E-state index in [1.807, 2.05) is 43.3 Å². The van der Waals surface area contributed by atoms with E-state index in [1.165, 1.54) is 5.56 Å². The first-order valence-electron chi connectivity index (χ1n) is 7.87. The third kappa shape index (κ3) is 7.02. The van der Waals surface area contributed by atoms with Crippen LogP contribution in [0.15, 0.2) is 48.5 Å². The van der Waals surface area contributed by atoms with Crippen molar-refractivity contribution in [3.63, 3.8) is 0 Å². The van der Waals surface area contributed by atoms with Crippen LogP contribution in [0.25, 0.3) is 0 Å². The molecule has 0 spiro atoms. The van der Waals surface area contributed by atoms with E-state index in [0.29, 0.717) is 19.4 Å². The van der Waals surface area contributed by atoms with Crippen LogP contribution in [0.1, 0.15) is 30.9 Å². The van der Waals surface area contributed by atoms with Gasteiger partial charge in [0.15, 0.2) is 0 Å². The summed E-state index contributed by atoms with van der Waals surface area (Å²) in [5.41, 5.74) is 8.73. The predicted molar refractivity (Wildman–Crippen MR) is 101 cm³/mol. The van der Waals surface area contributed by atoms with Crippen molar-refractivity contribution >= 4 is 24.0 Å². The molecule has 2 aromatic rings. The van der Waals surface area contributed by atoms with Crippen molar-refractivity contribution in [1.29, 1.82) is 0 Å². The molecule has 5 heteroatoms. The van der Waals surface area contributed by atoms with Crippen LogP contribution in [0.4, 0.5) is 5.69 Å². The molecule has 1 atom stereocenters. The van der Waals surface area contributed by atoms with Crippen LogP contribution in [-0.4, -0.2) is 11.9 Å². The van der Waals surface area contributed by atoms with E-state index in [-0.39, 0.29) is 24.4 Å². The van der Waals surface area contributed by atoms with Crippen LogP contribution in [0.5, 0.6) is 5.75 Å². The van der Waals surface area contributed by atoms with E-state index < -0.39 is 0 Å². The summed E-state index contributed by atoms with van der Waals surface area (Å²) in [4.78, 5) is 11.8. The number of nitrogens with one attached hydrogen (secondary N) is 1. The van der Waals surface area contributed by atoms with Gasteiger partial charge in [-0.25, -0.2) is 0 Å². The Labute approximate surface area is 149 Å². The van der Waals surface area contributed by atoms with Crippen LogP contribution in [0, 0.1) is 6.92 Å². The summed E-state index contributed by atoms with van der Waals surface area (Å²) in [6.45, 7) is 4.46. The lowest BCUT2D eigenvalue weighted by atomic mass is 10.1. The molecule has 0 aliphatic heterocycles. The SMILES string of the molecule is Cc1cccc(COc2cccc(NC(=O)CCC(C)N)c2)c1.Cl. The maximum absolute atomic E-state index is 11.8. The molecular formula is C19H25ClN2O2. The molecule has 0 heterocycles. The molecule has 0 radical (unpaired) electrons. The summed E-state index contributed by atoms with van der Waals surface area (Å²) in [6.07, 6.45) is 1.10. The highest BCUT2D eigenvalue weighted by atomic mass is 35.5. The number of rotatable bonds is 7. The number of hydrogen-bond acceptors (Lipinski definition) is 3. The third-order valence-electron chi connectivity index (χ3n) is 3.43. The molecule has 24 heavy (non-hydrogen) atoms. The number of nitrogens with two attached hydrogens (primary N) is 1. The lowest BCUT2D eigenvalue weighted by molar-refractivity contribution is -0.116. The van der Waals surface area contributed by atoms with Crippen LogP contribution in [0.2, 0.25) is 0 Å². The Balaban J connectivity index is 0.00000288. The van der Waals surface area contributed by atoms with Crippen molar-refractivity contribution in [2.24, 2.45) is 5.73 Å². The molecule has 4 nitrogen and oxygen atoms in total. The van der Waals surface area contributed by atoms with Crippen molar-refractivity contribution in [3.05, 3.63) is 59.7 Å². The Bertz CT molecular complexity index is 659. The quantitative estimate of drug-likeness (QED) is 0.793. The molecule has 0 aliphatic rings. The van der Waals surface area contributed by atoms with Gasteiger partial charge in [0.1, 0.15) is 12.4 Å². The fraction of sp³-hybridized carbons (Fsp3) is 0.316. The Hall–Kier alpha value is -2.04.